The molecule has 1 aliphatic rings. The SMILES string of the molecule is CC(=O)N1c2ccc(-n3cnc(C)c3)cc2[C@H](Nc2ccc(C(N)=O)cc2)C[C@@H]1C. The van der Waals surface area contributed by atoms with Gasteiger partial charge in [-0.2, -0.15) is 0 Å². The monoisotopic (exact) mass is 403 g/mol. The van der Waals surface area contributed by atoms with Gasteiger partial charge in [0.05, 0.1) is 18.1 Å². The lowest BCUT2D eigenvalue weighted by Crippen LogP contribution is -2.43. The molecule has 1 aliphatic heterocycles. The summed E-state index contributed by atoms with van der Waals surface area (Å²) in [5.74, 6) is -0.421. The van der Waals surface area contributed by atoms with E-state index >= 15 is 0 Å². The van der Waals surface area contributed by atoms with Gasteiger partial charge in [-0.25, -0.2) is 4.98 Å². The molecule has 2 amide bonds. The van der Waals surface area contributed by atoms with E-state index in [2.05, 4.69) is 23.3 Å². The zero-order valence-corrected chi connectivity index (χ0v) is 17.3. The predicted octanol–water partition coefficient (Wildman–Crippen LogP) is 3.58. The first-order chi connectivity index (χ1) is 14.3. The predicted molar refractivity (Wildman–Crippen MR) is 117 cm³/mol. The van der Waals surface area contributed by atoms with Crippen LogP contribution >= 0.6 is 0 Å². The molecular formula is C23H25N5O2. The van der Waals surface area contributed by atoms with Crippen molar-refractivity contribution in [3.05, 3.63) is 71.8 Å². The Balaban J connectivity index is 1.73. The van der Waals surface area contributed by atoms with Gasteiger partial charge in [-0.1, -0.05) is 0 Å². The molecule has 30 heavy (non-hydrogen) atoms. The van der Waals surface area contributed by atoms with Gasteiger partial charge >= 0.3 is 0 Å². The molecule has 2 aromatic carbocycles. The van der Waals surface area contributed by atoms with E-state index in [1.807, 2.05) is 46.9 Å². The zero-order chi connectivity index (χ0) is 21.4. The number of hydrogen-bond donors (Lipinski definition) is 2. The molecule has 0 radical (unpaired) electrons. The average molecular weight is 403 g/mol. The molecule has 3 N–H and O–H groups in total. The highest BCUT2D eigenvalue weighted by atomic mass is 16.2. The number of fused-ring (bicyclic) bond motifs is 1. The van der Waals surface area contributed by atoms with Gasteiger partial charge in [0.1, 0.15) is 0 Å². The van der Waals surface area contributed by atoms with Gasteiger partial charge in [0.25, 0.3) is 0 Å². The van der Waals surface area contributed by atoms with Gasteiger partial charge < -0.3 is 20.5 Å². The highest BCUT2D eigenvalue weighted by molar-refractivity contribution is 5.94. The summed E-state index contributed by atoms with van der Waals surface area (Å²) in [6, 6.07) is 13.3. The van der Waals surface area contributed by atoms with Crippen LogP contribution in [0.4, 0.5) is 11.4 Å². The van der Waals surface area contributed by atoms with Crippen molar-refractivity contribution in [2.75, 3.05) is 10.2 Å². The van der Waals surface area contributed by atoms with Gasteiger partial charge in [-0.15, -0.1) is 0 Å². The lowest BCUT2D eigenvalue weighted by molar-refractivity contribution is -0.117. The number of nitrogens with two attached hydrogens (primary N) is 1. The second kappa shape index (κ2) is 7.67. The van der Waals surface area contributed by atoms with Gasteiger partial charge in [0.15, 0.2) is 0 Å². The van der Waals surface area contributed by atoms with Crippen LogP contribution in [-0.2, 0) is 4.79 Å². The Morgan fingerprint density at radius 2 is 1.90 bits per heavy atom. The van der Waals surface area contributed by atoms with Crippen LogP contribution in [0.5, 0.6) is 0 Å². The molecular weight excluding hydrogens is 378 g/mol. The smallest absolute Gasteiger partial charge is 0.248 e. The quantitative estimate of drug-likeness (QED) is 0.696. The average Bonchev–Trinajstić information content (AvgIpc) is 3.14. The van der Waals surface area contributed by atoms with Crippen molar-refractivity contribution in [2.45, 2.75) is 39.3 Å². The van der Waals surface area contributed by atoms with E-state index in [-0.39, 0.29) is 18.0 Å². The van der Waals surface area contributed by atoms with Crippen molar-refractivity contribution < 1.29 is 9.59 Å². The molecule has 154 valence electrons. The number of carbonyl (C=O) groups excluding carboxylic acids is 2. The molecule has 4 rings (SSSR count). The highest BCUT2D eigenvalue weighted by Crippen LogP contribution is 2.40. The summed E-state index contributed by atoms with van der Waals surface area (Å²) >= 11 is 0. The Kier molecular flexibility index (Phi) is 5.03. The molecule has 1 aromatic heterocycles. The normalized spacial score (nSPS) is 18.0. The topological polar surface area (TPSA) is 93.2 Å². The Bertz CT molecular complexity index is 1100. The molecule has 2 atom stereocenters. The van der Waals surface area contributed by atoms with Crippen LogP contribution in [0.2, 0.25) is 0 Å². The van der Waals surface area contributed by atoms with Gasteiger partial charge in [-0.3, -0.25) is 9.59 Å². The molecule has 0 fully saturated rings. The molecule has 2 heterocycles. The summed E-state index contributed by atoms with van der Waals surface area (Å²) < 4.78 is 1.98. The van der Waals surface area contributed by atoms with Crippen molar-refractivity contribution in [2.24, 2.45) is 5.73 Å². The third kappa shape index (κ3) is 3.66. The van der Waals surface area contributed by atoms with Gasteiger partial charge in [0, 0.05) is 47.4 Å². The largest absolute Gasteiger partial charge is 0.378 e. The first-order valence-electron chi connectivity index (χ1n) is 9.94. The minimum Gasteiger partial charge on any atom is -0.378 e. The van der Waals surface area contributed by atoms with Crippen LogP contribution in [-0.4, -0.2) is 27.4 Å². The van der Waals surface area contributed by atoms with E-state index in [1.54, 1.807) is 25.4 Å². The minimum absolute atomic E-state index is 0.00889. The second-order valence-electron chi connectivity index (χ2n) is 7.78. The molecule has 0 unspecified atom stereocenters. The van der Waals surface area contributed by atoms with E-state index in [0.717, 1.165) is 34.7 Å². The number of rotatable bonds is 4. The number of hydrogen-bond acceptors (Lipinski definition) is 4. The Hall–Kier alpha value is -3.61. The van der Waals surface area contributed by atoms with Gasteiger partial charge in [-0.05, 0) is 62.7 Å². The van der Waals surface area contributed by atoms with E-state index in [1.165, 1.54) is 0 Å². The summed E-state index contributed by atoms with van der Waals surface area (Å²) in [6.07, 6.45) is 4.52. The van der Waals surface area contributed by atoms with Crippen LogP contribution < -0.4 is 16.0 Å². The number of nitrogens with one attached hydrogen (secondary N) is 1. The number of aromatic nitrogens is 2. The first-order valence-corrected chi connectivity index (χ1v) is 9.94. The number of anilines is 2. The van der Waals surface area contributed by atoms with Crippen molar-refractivity contribution in [1.82, 2.24) is 9.55 Å². The van der Waals surface area contributed by atoms with Crippen molar-refractivity contribution in [3.8, 4) is 5.69 Å². The highest BCUT2D eigenvalue weighted by Gasteiger charge is 2.32. The number of aryl methyl sites for hydroxylation is 1. The fourth-order valence-corrected chi connectivity index (χ4v) is 4.12. The summed E-state index contributed by atoms with van der Waals surface area (Å²) in [7, 11) is 0. The van der Waals surface area contributed by atoms with Crippen molar-refractivity contribution in [3.63, 3.8) is 0 Å². The summed E-state index contributed by atoms with van der Waals surface area (Å²) in [6.45, 7) is 5.61. The molecule has 0 aliphatic carbocycles. The Morgan fingerprint density at radius 1 is 1.17 bits per heavy atom. The fraction of sp³-hybridized carbons (Fsp3) is 0.261. The van der Waals surface area contributed by atoms with Crippen LogP contribution in [0, 0.1) is 6.92 Å². The first kappa shape index (κ1) is 19.7. The van der Waals surface area contributed by atoms with E-state index in [0.29, 0.717) is 5.56 Å². The molecule has 3 aromatic rings. The maximum absolute atomic E-state index is 12.3. The molecule has 0 bridgehead atoms. The molecule has 0 spiro atoms. The summed E-state index contributed by atoms with van der Waals surface area (Å²) in [5, 5.41) is 3.56. The zero-order valence-electron chi connectivity index (χ0n) is 17.3. The molecule has 7 heteroatoms. The number of nitrogens with zero attached hydrogens (tertiary/aromatic N) is 3. The van der Waals surface area contributed by atoms with E-state index in [4.69, 9.17) is 5.73 Å². The Labute approximate surface area is 175 Å². The van der Waals surface area contributed by atoms with E-state index in [9.17, 15) is 9.59 Å². The van der Waals surface area contributed by atoms with Crippen molar-refractivity contribution >= 4 is 23.2 Å². The lowest BCUT2D eigenvalue weighted by atomic mass is 9.90. The summed E-state index contributed by atoms with van der Waals surface area (Å²) in [4.78, 5) is 29.9. The third-order valence-electron chi connectivity index (χ3n) is 5.52. The summed E-state index contributed by atoms with van der Waals surface area (Å²) in [5.41, 5.74) is 10.6. The number of carbonyl (C=O) groups is 2. The van der Waals surface area contributed by atoms with Crippen LogP contribution in [0.15, 0.2) is 55.0 Å². The lowest BCUT2D eigenvalue weighted by Gasteiger charge is -2.39. The number of imidazole rings is 1. The number of primary amides is 1. The van der Waals surface area contributed by atoms with Crippen LogP contribution in [0.25, 0.3) is 5.69 Å². The second-order valence-corrected chi connectivity index (χ2v) is 7.78. The molecule has 0 saturated carbocycles. The third-order valence-corrected chi connectivity index (χ3v) is 5.52. The molecule has 0 saturated heterocycles. The maximum Gasteiger partial charge on any atom is 0.248 e. The number of benzene rings is 2. The standard InChI is InChI=1S/C23H25N5O2/c1-14-12-27(13-25-14)19-8-9-22-20(11-19)21(10-15(2)28(22)16(3)29)26-18-6-4-17(5-7-18)23(24)30/h4-9,11-13,15,21,26H,10H2,1-3H3,(H2,24,30)/t15-,21+/m0/s1. The van der Waals surface area contributed by atoms with Gasteiger partial charge in [0.2, 0.25) is 11.8 Å². The molecule has 7 nitrogen and oxygen atoms in total. The van der Waals surface area contributed by atoms with Crippen LogP contribution in [0.3, 0.4) is 0 Å². The van der Waals surface area contributed by atoms with Crippen LogP contribution in [0.1, 0.15) is 47.9 Å². The number of amides is 2. The van der Waals surface area contributed by atoms with Crippen molar-refractivity contribution in [1.29, 1.82) is 0 Å². The Morgan fingerprint density at radius 3 is 2.50 bits per heavy atom. The van der Waals surface area contributed by atoms with E-state index < -0.39 is 5.91 Å². The fourth-order valence-electron chi connectivity index (χ4n) is 4.12. The minimum atomic E-state index is -0.449. The maximum atomic E-state index is 12.3.